The molecule has 0 spiro atoms. The van der Waals surface area contributed by atoms with E-state index in [0.29, 0.717) is 38.5 Å². The van der Waals surface area contributed by atoms with Crippen molar-refractivity contribution < 1.29 is 27.4 Å². The molecule has 1 atom stereocenters. The van der Waals surface area contributed by atoms with Gasteiger partial charge < -0.3 is 24.4 Å². The van der Waals surface area contributed by atoms with Crippen LogP contribution in [0.3, 0.4) is 0 Å². The van der Waals surface area contributed by atoms with Crippen LogP contribution in [-0.2, 0) is 19.6 Å². The van der Waals surface area contributed by atoms with Crippen LogP contribution in [0.15, 0.2) is 23.1 Å². The van der Waals surface area contributed by atoms with Gasteiger partial charge >= 0.3 is 0 Å². The van der Waals surface area contributed by atoms with Gasteiger partial charge in [0.25, 0.3) is 0 Å². The summed E-state index contributed by atoms with van der Waals surface area (Å²) in [5.41, 5.74) is 0. The number of nitrogens with one attached hydrogen (secondary N) is 1. The maximum absolute atomic E-state index is 13.5. The molecule has 0 aromatic heterocycles. The molecule has 3 rings (SSSR count). The molecule has 2 saturated heterocycles. The zero-order valence-corrected chi connectivity index (χ0v) is 17.7. The standard InChI is InChI=1S/C19H29N3O6S/c1-26-15-5-6-17(27-2)18(12-15)29(24,25)22(13-16-4-3-11-28-16)14-19(23)21-9-7-20-8-10-21/h5-6,12,16,20H,3-4,7-11,13-14H2,1-2H3. The second kappa shape index (κ2) is 9.75. The maximum atomic E-state index is 13.5. The second-order valence-electron chi connectivity index (χ2n) is 7.08. The molecule has 162 valence electrons. The lowest BCUT2D eigenvalue weighted by atomic mass is 10.2. The van der Waals surface area contributed by atoms with Crippen molar-refractivity contribution in [2.24, 2.45) is 0 Å². The van der Waals surface area contributed by atoms with Crippen LogP contribution in [0, 0.1) is 0 Å². The lowest BCUT2D eigenvalue weighted by Gasteiger charge is -2.31. The minimum atomic E-state index is -4.01. The fraction of sp³-hybridized carbons (Fsp3) is 0.632. The summed E-state index contributed by atoms with van der Waals surface area (Å²) < 4.78 is 44.4. The molecule has 10 heteroatoms. The number of carbonyl (C=O) groups excluding carboxylic acids is 1. The Morgan fingerprint density at radius 2 is 2.03 bits per heavy atom. The summed E-state index contributed by atoms with van der Waals surface area (Å²) in [6.07, 6.45) is 1.42. The van der Waals surface area contributed by atoms with Crippen molar-refractivity contribution >= 4 is 15.9 Å². The predicted octanol–water partition coefficient (Wildman–Crippen LogP) is 0.305. The van der Waals surface area contributed by atoms with Gasteiger partial charge in [-0.15, -0.1) is 0 Å². The second-order valence-corrected chi connectivity index (χ2v) is 8.99. The zero-order chi connectivity index (χ0) is 20.9. The highest BCUT2D eigenvalue weighted by atomic mass is 32.2. The molecule has 9 nitrogen and oxygen atoms in total. The van der Waals surface area contributed by atoms with E-state index >= 15 is 0 Å². The van der Waals surface area contributed by atoms with Crippen LogP contribution in [0.4, 0.5) is 0 Å². The minimum absolute atomic E-state index is 0.0227. The highest BCUT2D eigenvalue weighted by molar-refractivity contribution is 7.89. The minimum Gasteiger partial charge on any atom is -0.497 e. The quantitative estimate of drug-likeness (QED) is 0.637. The molecule has 2 fully saturated rings. The molecule has 1 unspecified atom stereocenters. The highest BCUT2D eigenvalue weighted by Crippen LogP contribution is 2.31. The first-order valence-electron chi connectivity index (χ1n) is 9.78. The summed E-state index contributed by atoms with van der Waals surface area (Å²) >= 11 is 0. The van der Waals surface area contributed by atoms with Crippen LogP contribution in [0.2, 0.25) is 0 Å². The largest absolute Gasteiger partial charge is 0.497 e. The van der Waals surface area contributed by atoms with Crippen molar-refractivity contribution in [3.8, 4) is 11.5 Å². The van der Waals surface area contributed by atoms with Crippen molar-refractivity contribution in [1.82, 2.24) is 14.5 Å². The Labute approximate surface area is 171 Å². The van der Waals surface area contributed by atoms with E-state index in [-0.39, 0.29) is 35.7 Å². The Kier molecular flexibility index (Phi) is 7.33. The van der Waals surface area contributed by atoms with Crippen LogP contribution in [0.1, 0.15) is 12.8 Å². The smallest absolute Gasteiger partial charge is 0.247 e. The van der Waals surface area contributed by atoms with E-state index in [1.165, 1.54) is 24.6 Å². The van der Waals surface area contributed by atoms with Gasteiger partial charge in [-0.3, -0.25) is 4.79 Å². The molecular formula is C19H29N3O6S. The Morgan fingerprint density at radius 3 is 2.66 bits per heavy atom. The highest BCUT2D eigenvalue weighted by Gasteiger charge is 2.34. The average Bonchev–Trinajstić information content (AvgIpc) is 3.26. The topological polar surface area (TPSA) is 97.4 Å². The fourth-order valence-corrected chi connectivity index (χ4v) is 5.14. The van der Waals surface area contributed by atoms with Crippen LogP contribution >= 0.6 is 0 Å². The summed E-state index contributed by atoms with van der Waals surface area (Å²) in [5, 5.41) is 3.19. The van der Waals surface area contributed by atoms with E-state index < -0.39 is 10.0 Å². The number of hydrogen-bond acceptors (Lipinski definition) is 7. The molecule has 0 saturated carbocycles. The lowest BCUT2D eigenvalue weighted by Crippen LogP contribution is -2.51. The van der Waals surface area contributed by atoms with E-state index in [9.17, 15) is 13.2 Å². The molecule has 1 aromatic rings. The van der Waals surface area contributed by atoms with Gasteiger partial charge in [0.05, 0.1) is 26.9 Å². The van der Waals surface area contributed by atoms with Gasteiger partial charge in [0.2, 0.25) is 15.9 Å². The number of piperazine rings is 1. The van der Waals surface area contributed by atoms with Crippen LogP contribution in [0.25, 0.3) is 0 Å². The molecule has 0 aliphatic carbocycles. The molecule has 29 heavy (non-hydrogen) atoms. The molecule has 1 N–H and O–H groups in total. The van der Waals surface area contributed by atoms with Crippen molar-refractivity contribution in [1.29, 1.82) is 0 Å². The van der Waals surface area contributed by atoms with Gasteiger partial charge in [-0.25, -0.2) is 8.42 Å². The summed E-state index contributed by atoms with van der Waals surface area (Å²) in [6, 6.07) is 4.61. The summed E-state index contributed by atoms with van der Waals surface area (Å²) in [5.74, 6) is 0.391. The molecule has 1 amide bonds. The number of hydrogen-bond donors (Lipinski definition) is 1. The number of benzene rings is 1. The van der Waals surface area contributed by atoms with Crippen molar-refractivity contribution in [2.45, 2.75) is 23.8 Å². The third kappa shape index (κ3) is 5.19. The van der Waals surface area contributed by atoms with E-state index in [0.717, 1.165) is 12.8 Å². The van der Waals surface area contributed by atoms with Crippen molar-refractivity contribution in [2.75, 3.05) is 60.1 Å². The molecule has 2 heterocycles. The third-order valence-electron chi connectivity index (χ3n) is 5.20. The van der Waals surface area contributed by atoms with E-state index in [4.69, 9.17) is 14.2 Å². The Bertz CT molecular complexity index is 804. The Hall–Kier alpha value is -1.88. The molecular weight excluding hydrogens is 398 g/mol. The van der Waals surface area contributed by atoms with E-state index in [1.807, 2.05) is 0 Å². The SMILES string of the molecule is COc1ccc(OC)c(S(=O)(=O)N(CC(=O)N2CCNCC2)CC2CCCO2)c1. The number of sulfonamides is 1. The molecule has 1 aromatic carbocycles. The van der Waals surface area contributed by atoms with Crippen LogP contribution < -0.4 is 14.8 Å². The summed E-state index contributed by atoms with van der Waals surface area (Å²) in [6.45, 7) is 3.03. The first kappa shape index (κ1) is 21.8. The number of amides is 1. The number of carbonyl (C=O) groups is 1. The zero-order valence-electron chi connectivity index (χ0n) is 16.9. The number of ether oxygens (including phenoxy) is 3. The third-order valence-corrected chi connectivity index (χ3v) is 7.03. The Balaban J connectivity index is 1.90. The fourth-order valence-electron chi connectivity index (χ4n) is 3.55. The van der Waals surface area contributed by atoms with Gasteiger partial charge in [-0.05, 0) is 25.0 Å². The average molecular weight is 428 g/mol. The van der Waals surface area contributed by atoms with Gasteiger partial charge in [0.15, 0.2) is 0 Å². The van der Waals surface area contributed by atoms with Crippen molar-refractivity contribution in [3.63, 3.8) is 0 Å². The normalized spacial score (nSPS) is 20.1. The number of nitrogens with zero attached hydrogens (tertiary/aromatic N) is 2. The summed E-state index contributed by atoms with van der Waals surface area (Å²) in [7, 11) is -1.13. The molecule has 0 bridgehead atoms. The first-order valence-corrected chi connectivity index (χ1v) is 11.2. The van der Waals surface area contributed by atoms with Crippen molar-refractivity contribution in [3.05, 3.63) is 18.2 Å². The molecule has 0 radical (unpaired) electrons. The van der Waals surface area contributed by atoms with Crippen LogP contribution in [-0.4, -0.2) is 89.7 Å². The van der Waals surface area contributed by atoms with Gasteiger partial charge in [0.1, 0.15) is 16.4 Å². The number of rotatable bonds is 8. The predicted molar refractivity (Wildman–Crippen MR) is 107 cm³/mol. The maximum Gasteiger partial charge on any atom is 0.247 e. The summed E-state index contributed by atoms with van der Waals surface area (Å²) in [4.78, 5) is 14.5. The Morgan fingerprint density at radius 1 is 1.28 bits per heavy atom. The van der Waals surface area contributed by atoms with E-state index in [1.54, 1.807) is 17.0 Å². The first-order chi connectivity index (χ1) is 14.0. The van der Waals surface area contributed by atoms with Gasteiger partial charge in [-0.2, -0.15) is 4.31 Å². The van der Waals surface area contributed by atoms with E-state index in [2.05, 4.69) is 5.32 Å². The van der Waals surface area contributed by atoms with Gasteiger partial charge in [-0.1, -0.05) is 0 Å². The molecule has 2 aliphatic rings. The van der Waals surface area contributed by atoms with Gasteiger partial charge in [0, 0.05) is 45.4 Å². The number of methoxy groups -OCH3 is 2. The monoisotopic (exact) mass is 427 g/mol. The lowest BCUT2D eigenvalue weighted by molar-refractivity contribution is -0.132. The van der Waals surface area contributed by atoms with Crippen LogP contribution in [0.5, 0.6) is 11.5 Å². The molecule has 2 aliphatic heterocycles.